The third kappa shape index (κ3) is 5.81. The molecule has 2 aromatic carbocycles. The smallest absolute Gasteiger partial charge is 0.221 e. The van der Waals surface area contributed by atoms with Gasteiger partial charge in [-0.3, -0.25) is 14.5 Å². The molecule has 3 aromatic rings. The maximum atomic E-state index is 12.2. The number of hydrogen-bond donors (Lipinski definition) is 2. The number of rotatable bonds is 9. The molecule has 0 spiro atoms. The van der Waals surface area contributed by atoms with E-state index in [9.17, 15) is 4.79 Å². The van der Waals surface area contributed by atoms with E-state index in [4.69, 9.17) is 17.5 Å². The summed E-state index contributed by atoms with van der Waals surface area (Å²) in [6.45, 7) is 3.08. The highest BCUT2D eigenvalue weighted by Crippen LogP contribution is 2.18. The molecule has 0 fully saturated rings. The van der Waals surface area contributed by atoms with Crippen LogP contribution < -0.4 is 5.32 Å². The van der Waals surface area contributed by atoms with Crippen LogP contribution in [0.3, 0.4) is 0 Å². The van der Waals surface area contributed by atoms with Crippen LogP contribution in [-0.4, -0.2) is 33.0 Å². The highest BCUT2D eigenvalue weighted by molar-refractivity contribution is 7.98. The molecule has 0 saturated carbocycles. The SMILES string of the molecule is Cc1ccc(-c2n[nH]c(=S)n2CCC(=O)NCCSCc2ccccc2C#N)cc1. The predicted molar refractivity (Wildman–Crippen MR) is 123 cm³/mol. The third-order valence-corrected chi connectivity index (χ3v) is 5.91. The topological polar surface area (TPSA) is 86.5 Å². The van der Waals surface area contributed by atoms with E-state index < -0.39 is 0 Å². The fourth-order valence-corrected chi connectivity index (χ4v) is 4.04. The van der Waals surface area contributed by atoms with Crippen molar-refractivity contribution >= 4 is 29.9 Å². The van der Waals surface area contributed by atoms with E-state index in [-0.39, 0.29) is 5.91 Å². The number of nitriles is 1. The van der Waals surface area contributed by atoms with Crippen molar-refractivity contribution in [1.29, 1.82) is 5.26 Å². The maximum absolute atomic E-state index is 12.2. The van der Waals surface area contributed by atoms with Gasteiger partial charge in [0.2, 0.25) is 5.91 Å². The minimum absolute atomic E-state index is 0.0222. The van der Waals surface area contributed by atoms with Gasteiger partial charge in [-0.05, 0) is 30.8 Å². The Balaban J connectivity index is 1.44. The zero-order valence-corrected chi connectivity index (χ0v) is 18.4. The minimum atomic E-state index is -0.0222. The molecule has 2 N–H and O–H groups in total. The third-order valence-electron chi connectivity index (χ3n) is 4.59. The van der Waals surface area contributed by atoms with E-state index in [1.807, 2.05) is 60.0 Å². The van der Waals surface area contributed by atoms with Crippen molar-refractivity contribution < 1.29 is 4.79 Å². The Bertz CT molecular complexity index is 1100. The summed E-state index contributed by atoms with van der Waals surface area (Å²) in [7, 11) is 0. The molecule has 0 aliphatic rings. The van der Waals surface area contributed by atoms with Gasteiger partial charge in [-0.1, -0.05) is 48.0 Å². The van der Waals surface area contributed by atoms with Gasteiger partial charge in [0.25, 0.3) is 0 Å². The van der Waals surface area contributed by atoms with Crippen molar-refractivity contribution in [2.24, 2.45) is 0 Å². The van der Waals surface area contributed by atoms with E-state index in [1.165, 1.54) is 5.56 Å². The van der Waals surface area contributed by atoms with Gasteiger partial charge in [-0.25, -0.2) is 0 Å². The zero-order chi connectivity index (χ0) is 21.3. The second-order valence-electron chi connectivity index (χ2n) is 6.79. The first-order valence-electron chi connectivity index (χ1n) is 9.63. The monoisotopic (exact) mass is 437 g/mol. The Morgan fingerprint density at radius 1 is 1.27 bits per heavy atom. The fraction of sp³-hybridized carbons (Fsp3) is 0.273. The summed E-state index contributed by atoms with van der Waals surface area (Å²) in [6.07, 6.45) is 0.328. The molecule has 0 radical (unpaired) electrons. The van der Waals surface area contributed by atoms with E-state index >= 15 is 0 Å². The number of H-pyrrole nitrogens is 1. The van der Waals surface area contributed by atoms with Crippen LogP contribution in [0.2, 0.25) is 0 Å². The molecule has 1 aromatic heterocycles. The van der Waals surface area contributed by atoms with Gasteiger partial charge >= 0.3 is 0 Å². The molecular formula is C22H23N5OS2. The number of carbonyl (C=O) groups is 1. The average molecular weight is 438 g/mol. The highest BCUT2D eigenvalue weighted by atomic mass is 32.2. The number of benzene rings is 2. The number of amides is 1. The molecule has 1 heterocycles. The number of nitrogens with one attached hydrogen (secondary N) is 2. The molecule has 0 aliphatic carbocycles. The first-order chi connectivity index (χ1) is 14.6. The Kier molecular flexibility index (Phi) is 7.82. The summed E-state index contributed by atoms with van der Waals surface area (Å²) in [5.74, 6) is 2.25. The second-order valence-corrected chi connectivity index (χ2v) is 8.28. The number of aromatic amines is 1. The molecule has 0 aliphatic heterocycles. The number of carbonyl (C=O) groups excluding carboxylic acids is 1. The van der Waals surface area contributed by atoms with Gasteiger partial charge in [0.15, 0.2) is 10.6 Å². The molecule has 3 rings (SSSR count). The lowest BCUT2D eigenvalue weighted by Crippen LogP contribution is -2.26. The first kappa shape index (κ1) is 21.8. The van der Waals surface area contributed by atoms with Crippen LogP contribution in [0.1, 0.15) is 23.1 Å². The molecule has 0 unspecified atom stereocenters. The largest absolute Gasteiger partial charge is 0.355 e. The summed E-state index contributed by atoms with van der Waals surface area (Å²) in [5, 5.41) is 19.2. The number of aryl methyl sites for hydroxylation is 1. The molecule has 0 atom stereocenters. The molecule has 1 amide bonds. The van der Waals surface area contributed by atoms with E-state index in [0.717, 1.165) is 28.5 Å². The van der Waals surface area contributed by atoms with Gasteiger partial charge in [0.1, 0.15) is 0 Å². The normalized spacial score (nSPS) is 10.5. The summed E-state index contributed by atoms with van der Waals surface area (Å²) < 4.78 is 2.36. The lowest BCUT2D eigenvalue weighted by molar-refractivity contribution is -0.121. The van der Waals surface area contributed by atoms with Crippen LogP contribution in [0.15, 0.2) is 48.5 Å². The quantitative estimate of drug-likeness (QED) is 0.386. The lowest BCUT2D eigenvalue weighted by Gasteiger charge is -2.09. The van der Waals surface area contributed by atoms with Crippen LogP contribution in [0.25, 0.3) is 11.4 Å². The molecule has 8 heteroatoms. The van der Waals surface area contributed by atoms with Crippen molar-refractivity contribution in [2.75, 3.05) is 12.3 Å². The summed E-state index contributed by atoms with van der Waals surface area (Å²) in [5.41, 5.74) is 3.86. The highest BCUT2D eigenvalue weighted by Gasteiger charge is 2.10. The van der Waals surface area contributed by atoms with Crippen LogP contribution in [-0.2, 0) is 17.1 Å². The van der Waals surface area contributed by atoms with E-state index in [1.54, 1.807) is 11.8 Å². The summed E-state index contributed by atoms with van der Waals surface area (Å²) in [6, 6.07) is 17.8. The fourth-order valence-electron chi connectivity index (χ4n) is 2.95. The van der Waals surface area contributed by atoms with Crippen molar-refractivity contribution in [3.63, 3.8) is 0 Å². The number of nitrogens with zero attached hydrogens (tertiary/aromatic N) is 3. The number of aromatic nitrogens is 3. The van der Waals surface area contributed by atoms with Crippen LogP contribution in [0.4, 0.5) is 0 Å². The maximum Gasteiger partial charge on any atom is 0.221 e. The Hall–Kier alpha value is -2.89. The molecule has 0 bridgehead atoms. The van der Waals surface area contributed by atoms with Gasteiger partial charge in [0, 0.05) is 36.6 Å². The molecule has 30 heavy (non-hydrogen) atoms. The number of hydrogen-bond acceptors (Lipinski definition) is 5. The predicted octanol–water partition coefficient (Wildman–Crippen LogP) is 4.23. The molecule has 6 nitrogen and oxygen atoms in total. The van der Waals surface area contributed by atoms with Crippen LogP contribution in [0.5, 0.6) is 0 Å². The van der Waals surface area contributed by atoms with Crippen molar-refractivity contribution in [3.8, 4) is 17.5 Å². The van der Waals surface area contributed by atoms with Crippen LogP contribution in [0, 0.1) is 23.0 Å². The number of thioether (sulfide) groups is 1. The van der Waals surface area contributed by atoms with Crippen molar-refractivity contribution in [2.45, 2.75) is 25.6 Å². The van der Waals surface area contributed by atoms with Gasteiger partial charge in [-0.15, -0.1) is 0 Å². The lowest BCUT2D eigenvalue weighted by atomic mass is 10.1. The Labute approximate surface area is 185 Å². The van der Waals surface area contributed by atoms with Crippen molar-refractivity contribution in [1.82, 2.24) is 20.1 Å². The van der Waals surface area contributed by atoms with Gasteiger partial charge < -0.3 is 5.32 Å². The first-order valence-corrected chi connectivity index (χ1v) is 11.2. The average Bonchev–Trinajstić information content (AvgIpc) is 3.13. The summed E-state index contributed by atoms with van der Waals surface area (Å²) >= 11 is 7.02. The van der Waals surface area contributed by atoms with Crippen LogP contribution >= 0.6 is 24.0 Å². The van der Waals surface area contributed by atoms with Crippen molar-refractivity contribution in [3.05, 3.63) is 70.0 Å². The van der Waals surface area contributed by atoms with E-state index in [2.05, 4.69) is 21.6 Å². The van der Waals surface area contributed by atoms with Gasteiger partial charge in [-0.2, -0.15) is 22.1 Å². The zero-order valence-electron chi connectivity index (χ0n) is 16.7. The van der Waals surface area contributed by atoms with E-state index in [0.29, 0.717) is 29.8 Å². The Morgan fingerprint density at radius 2 is 2.03 bits per heavy atom. The molecule has 154 valence electrons. The summed E-state index contributed by atoms with van der Waals surface area (Å²) in [4.78, 5) is 12.2. The minimum Gasteiger partial charge on any atom is -0.355 e. The Morgan fingerprint density at radius 3 is 2.80 bits per heavy atom. The van der Waals surface area contributed by atoms with Gasteiger partial charge in [0.05, 0.1) is 11.6 Å². The molecule has 0 saturated heterocycles. The second kappa shape index (κ2) is 10.8. The molecular weight excluding hydrogens is 414 g/mol. The standard InChI is InChI=1S/C22H23N5OS2/c1-16-6-8-17(9-7-16)21-25-26-22(29)27(21)12-10-20(28)24-11-13-30-15-19-5-3-2-4-18(19)14-23/h2-9H,10-13,15H2,1H3,(H,24,28)(H,26,29).